The van der Waals surface area contributed by atoms with Crippen LogP contribution in [0.5, 0.6) is 0 Å². The molecule has 16 heavy (non-hydrogen) atoms. The van der Waals surface area contributed by atoms with E-state index in [-0.39, 0.29) is 0 Å². The smallest absolute Gasteiger partial charge is 0.133 e. The molecule has 0 aliphatic carbocycles. The van der Waals surface area contributed by atoms with Crippen LogP contribution in [0, 0.1) is 6.92 Å². The number of nitrogen functional groups attached to an aromatic ring is 1. The lowest BCUT2D eigenvalue weighted by Gasteiger charge is -2.06. The van der Waals surface area contributed by atoms with Gasteiger partial charge in [0.2, 0.25) is 0 Å². The number of aromatic nitrogens is 3. The summed E-state index contributed by atoms with van der Waals surface area (Å²) in [6, 6.07) is 3.34. The van der Waals surface area contributed by atoms with Crippen LogP contribution in [0.1, 0.15) is 11.3 Å². The van der Waals surface area contributed by atoms with Gasteiger partial charge in [-0.15, -0.1) is 0 Å². The number of hydrogen-bond acceptors (Lipinski definition) is 4. The van der Waals surface area contributed by atoms with Crippen molar-refractivity contribution in [2.24, 2.45) is 0 Å². The molecule has 0 aliphatic heterocycles. The van der Waals surface area contributed by atoms with Crippen molar-refractivity contribution in [1.29, 1.82) is 0 Å². The summed E-state index contributed by atoms with van der Waals surface area (Å²) in [5.41, 5.74) is 8.36. The number of H-pyrrole nitrogens is 1. The predicted molar refractivity (Wildman–Crippen MR) is 64.3 cm³/mol. The fraction of sp³-hybridized carbons (Fsp3) is 0.200. The van der Waals surface area contributed by atoms with E-state index in [1.165, 1.54) is 0 Å². The van der Waals surface area contributed by atoms with Gasteiger partial charge in [0, 0.05) is 29.6 Å². The Kier molecular flexibility index (Phi) is 2.96. The zero-order valence-electron chi connectivity index (χ0n) is 8.79. The van der Waals surface area contributed by atoms with Crippen LogP contribution in [-0.4, -0.2) is 15.2 Å². The SMILES string of the molecule is Cc1[nH]ncc1CNc1cc(N)cc(Cl)n1. The maximum absolute atomic E-state index is 5.79. The molecule has 0 aliphatic rings. The Labute approximate surface area is 98.0 Å². The molecule has 0 bridgehead atoms. The first-order chi connectivity index (χ1) is 7.65. The van der Waals surface area contributed by atoms with Crippen molar-refractivity contribution in [3.05, 3.63) is 34.7 Å². The molecule has 0 aromatic carbocycles. The van der Waals surface area contributed by atoms with Crippen molar-refractivity contribution in [2.75, 3.05) is 11.1 Å². The molecule has 0 radical (unpaired) electrons. The molecule has 0 fully saturated rings. The van der Waals surface area contributed by atoms with Crippen LogP contribution in [0.15, 0.2) is 18.3 Å². The molecular formula is C10H12ClN5. The monoisotopic (exact) mass is 237 g/mol. The minimum atomic E-state index is 0.381. The van der Waals surface area contributed by atoms with Gasteiger partial charge in [-0.2, -0.15) is 5.10 Å². The van der Waals surface area contributed by atoms with E-state index in [1.54, 1.807) is 18.3 Å². The molecule has 4 N–H and O–H groups in total. The van der Waals surface area contributed by atoms with Crippen molar-refractivity contribution in [3.8, 4) is 0 Å². The molecule has 0 saturated heterocycles. The first kappa shape index (κ1) is 10.8. The van der Waals surface area contributed by atoms with Crippen molar-refractivity contribution in [1.82, 2.24) is 15.2 Å². The molecule has 2 heterocycles. The number of hydrogen-bond donors (Lipinski definition) is 3. The maximum Gasteiger partial charge on any atom is 0.133 e. The molecule has 0 saturated carbocycles. The Bertz CT molecular complexity index is 473. The van der Waals surface area contributed by atoms with Gasteiger partial charge in [-0.3, -0.25) is 5.10 Å². The topological polar surface area (TPSA) is 79.6 Å². The predicted octanol–water partition coefficient (Wildman–Crippen LogP) is 1.96. The Morgan fingerprint density at radius 2 is 2.31 bits per heavy atom. The minimum absolute atomic E-state index is 0.381. The second-order valence-corrected chi connectivity index (χ2v) is 3.87. The van der Waals surface area contributed by atoms with Crippen molar-refractivity contribution in [2.45, 2.75) is 13.5 Å². The zero-order valence-corrected chi connectivity index (χ0v) is 9.54. The highest BCUT2D eigenvalue weighted by Crippen LogP contribution is 2.16. The van der Waals surface area contributed by atoms with E-state index >= 15 is 0 Å². The number of nitrogens with two attached hydrogens (primary N) is 1. The van der Waals surface area contributed by atoms with Gasteiger partial charge in [0.1, 0.15) is 11.0 Å². The second kappa shape index (κ2) is 4.40. The number of pyridine rings is 1. The molecule has 0 spiro atoms. The van der Waals surface area contributed by atoms with Crippen LogP contribution in [0.3, 0.4) is 0 Å². The first-order valence-corrected chi connectivity index (χ1v) is 5.19. The molecule has 6 heteroatoms. The van der Waals surface area contributed by atoms with E-state index < -0.39 is 0 Å². The summed E-state index contributed by atoms with van der Waals surface area (Å²) in [7, 11) is 0. The number of rotatable bonds is 3. The van der Waals surface area contributed by atoms with Crippen molar-refractivity contribution in [3.63, 3.8) is 0 Å². The maximum atomic E-state index is 5.79. The Hall–Kier alpha value is -1.75. The number of aryl methyl sites for hydroxylation is 1. The number of nitrogens with zero attached hydrogens (tertiary/aromatic N) is 2. The van der Waals surface area contributed by atoms with E-state index in [2.05, 4.69) is 20.5 Å². The highest BCUT2D eigenvalue weighted by molar-refractivity contribution is 6.29. The highest BCUT2D eigenvalue weighted by Gasteiger charge is 2.02. The lowest BCUT2D eigenvalue weighted by Crippen LogP contribution is -2.02. The van der Waals surface area contributed by atoms with Gasteiger partial charge >= 0.3 is 0 Å². The molecule has 5 nitrogen and oxygen atoms in total. The normalized spacial score (nSPS) is 10.4. The van der Waals surface area contributed by atoms with Gasteiger partial charge in [-0.05, 0) is 13.0 Å². The van der Waals surface area contributed by atoms with Gasteiger partial charge in [0.15, 0.2) is 0 Å². The van der Waals surface area contributed by atoms with Gasteiger partial charge in [-0.1, -0.05) is 11.6 Å². The van der Waals surface area contributed by atoms with Crippen LogP contribution in [0.4, 0.5) is 11.5 Å². The fourth-order valence-corrected chi connectivity index (χ4v) is 1.56. The van der Waals surface area contributed by atoms with Gasteiger partial charge in [0.25, 0.3) is 0 Å². The summed E-state index contributed by atoms with van der Waals surface area (Å²) < 4.78 is 0. The largest absolute Gasteiger partial charge is 0.399 e. The van der Waals surface area contributed by atoms with Crippen LogP contribution in [-0.2, 0) is 6.54 Å². The van der Waals surface area contributed by atoms with E-state index in [1.807, 2.05) is 6.92 Å². The summed E-state index contributed by atoms with van der Waals surface area (Å²) in [5.74, 6) is 0.658. The molecule has 2 aromatic heterocycles. The number of aromatic amines is 1. The van der Waals surface area contributed by atoms with E-state index in [9.17, 15) is 0 Å². The lowest BCUT2D eigenvalue weighted by molar-refractivity contribution is 1.04. The molecular weight excluding hydrogens is 226 g/mol. The molecule has 0 amide bonds. The molecule has 0 unspecified atom stereocenters. The number of halogens is 1. The summed E-state index contributed by atoms with van der Waals surface area (Å²) in [5, 5.41) is 10.3. The highest BCUT2D eigenvalue weighted by atomic mass is 35.5. The quantitative estimate of drug-likeness (QED) is 0.713. The summed E-state index contributed by atoms with van der Waals surface area (Å²) in [6.07, 6.45) is 1.77. The third-order valence-corrected chi connectivity index (χ3v) is 2.40. The summed E-state index contributed by atoms with van der Waals surface area (Å²) in [4.78, 5) is 4.11. The van der Waals surface area contributed by atoms with Crippen LogP contribution in [0.2, 0.25) is 5.15 Å². The van der Waals surface area contributed by atoms with Gasteiger partial charge < -0.3 is 11.1 Å². The third-order valence-electron chi connectivity index (χ3n) is 2.21. The zero-order chi connectivity index (χ0) is 11.5. The second-order valence-electron chi connectivity index (χ2n) is 3.48. The molecule has 2 rings (SSSR count). The Balaban J connectivity index is 2.07. The molecule has 2 aromatic rings. The van der Waals surface area contributed by atoms with Crippen molar-refractivity contribution >= 4 is 23.1 Å². The standard InChI is InChI=1S/C10H12ClN5/c1-6-7(5-14-16-6)4-13-10-3-8(12)2-9(11)15-10/h2-3,5H,4H2,1H3,(H,14,16)(H3,12,13,15). The van der Waals surface area contributed by atoms with E-state index in [0.29, 0.717) is 23.2 Å². The van der Waals surface area contributed by atoms with Crippen LogP contribution >= 0.6 is 11.6 Å². The Morgan fingerprint density at radius 1 is 1.50 bits per heavy atom. The fourth-order valence-electron chi connectivity index (χ4n) is 1.35. The van der Waals surface area contributed by atoms with Crippen LogP contribution in [0.25, 0.3) is 0 Å². The average molecular weight is 238 g/mol. The number of nitrogens with one attached hydrogen (secondary N) is 2. The first-order valence-electron chi connectivity index (χ1n) is 4.81. The molecule has 84 valence electrons. The van der Waals surface area contributed by atoms with Crippen molar-refractivity contribution < 1.29 is 0 Å². The number of anilines is 2. The van der Waals surface area contributed by atoms with E-state index in [4.69, 9.17) is 17.3 Å². The molecule has 0 atom stereocenters. The minimum Gasteiger partial charge on any atom is -0.399 e. The average Bonchev–Trinajstić information content (AvgIpc) is 2.59. The van der Waals surface area contributed by atoms with Gasteiger partial charge in [0.05, 0.1) is 6.20 Å². The van der Waals surface area contributed by atoms with E-state index in [0.717, 1.165) is 11.3 Å². The summed E-state index contributed by atoms with van der Waals surface area (Å²) >= 11 is 5.79. The summed E-state index contributed by atoms with van der Waals surface area (Å²) in [6.45, 7) is 2.60. The van der Waals surface area contributed by atoms with Crippen LogP contribution < -0.4 is 11.1 Å². The third kappa shape index (κ3) is 2.43. The van der Waals surface area contributed by atoms with Gasteiger partial charge in [-0.25, -0.2) is 4.98 Å². The lowest BCUT2D eigenvalue weighted by atomic mass is 10.2. The Morgan fingerprint density at radius 3 is 2.94 bits per heavy atom.